The maximum atomic E-state index is 10.6. The number of hydrogen-bond donors (Lipinski definition) is 1. The number of carboxylic acids is 1. The number of aliphatic carboxylic acids is 1. The lowest BCUT2D eigenvalue weighted by molar-refractivity contribution is -0.131. The molecule has 4 nitrogen and oxygen atoms in total. The largest absolute Gasteiger partial charge is 0.493 e. The first-order chi connectivity index (χ1) is 12.2. The number of benzene rings is 2. The normalized spacial score (nSPS) is 10.8. The van der Waals surface area contributed by atoms with Crippen molar-refractivity contribution < 1.29 is 19.4 Å². The summed E-state index contributed by atoms with van der Waals surface area (Å²) < 4.78 is 11.1. The van der Waals surface area contributed by atoms with Crippen LogP contribution in [-0.2, 0) is 4.79 Å². The Bertz CT molecular complexity index is 698. The van der Waals surface area contributed by atoms with E-state index in [0.29, 0.717) is 18.1 Å². The Labute approximate surface area is 152 Å². The van der Waals surface area contributed by atoms with Gasteiger partial charge in [0.05, 0.1) is 13.7 Å². The van der Waals surface area contributed by atoms with Gasteiger partial charge in [0.2, 0.25) is 0 Å². The maximum Gasteiger partial charge on any atom is 0.328 e. The molecule has 0 amide bonds. The molecule has 0 heterocycles. The molecule has 0 aliphatic heterocycles. The highest BCUT2D eigenvalue weighted by atomic mass is 32.2. The van der Waals surface area contributed by atoms with Crippen LogP contribution < -0.4 is 9.47 Å². The minimum atomic E-state index is -0.979. The molecule has 0 bridgehead atoms. The molecule has 0 aromatic heterocycles. The summed E-state index contributed by atoms with van der Waals surface area (Å²) in [6.07, 6.45) is 4.65. The molecular weight excluding hydrogens is 336 g/mol. The predicted octanol–water partition coefficient (Wildman–Crippen LogP) is 4.74. The second kappa shape index (κ2) is 10.5. The standard InChI is InChI=1S/C20H22O4S/c1-23-19-15-16(10-12-20(21)22)9-11-18(19)24-13-5-6-14-25-17-7-3-2-4-8-17/h2-4,7-12,15H,5-6,13-14H2,1H3,(H,21,22)/b12-10+. The van der Waals surface area contributed by atoms with Crippen molar-refractivity contribution in [3.8, 4) is 11.5 Å². The molecule has 132 valence electrons. The van der Waals surface area contributed by atoms with E-state index in [1.165, 1.54) is 11.0 Å². The molecule has 0 aliphatic rings. The Morgan fingerprint density at radius 1 is 1.12 bits per heavy atom. The number of ether oxygens (including phenoxy) is 2. The molecular formula is C20H22O4S. The van der Waals surface area contributed by atoms with Gasteiger partial charge in [0.25, 0.3) is 0 Å². The SMILES string of the molecule is COc1cc(/C=C/C(=O)O)ccc1OCCCCSc1ccccc1. The van der Waals surface area contributed by atoms with Crippen LogP contribution in [0, 0.1) is 0 Å². The number of methoxy groups -OCH3 is 1. The minimum absolute atomic E-state index is 0.603. The molecule has 0 atom stereocenters. The van der Waals surface area contributed by atoms with E-state index in [-0.39, 0.29) is 0 Å². The summed E-state index contributed by atoms with van der Waals surface area (Å²) in [6, 6.07) is 15.7. The topological polar surface area (TPSA) is 55.8 Å². The lowest BCUT2D eigenvalue weighted by Crippen LogP contribution is -2.00. The number of thioether (sulfide) groups is 1. The van der Waals surface area contributed by atoms with Crippen molar-refractivity contribution in [2.24, 2.45) is 0 Å². The second-order valence-electron chi connectivity index (χ2n) is 5.30. The molecule has 0 fully saturated rings. The first kappa shape index (κ1) is 18.9. The zero-order chi connectivity index (χ0) is 17.9. The van der Waals surface area contributed by atoms with Crippen molar-refractivity contribution in [3.05, 3.63) is 60.2 Å². The van der Waals surface area contributed by atoms with Gasteiger partial charge in [0.15, 0.2) is 11.5 Å². The van der Waals surface area contributed by atoms with Gasteiger partial charge >= 0.3 is 5.97 Å². The molecule has 5 heteroatoms. The lowest BCUT2D eigenvalue weighted by Gasteiger charge is -2.11. The zero-order valence-electron chi connectivity index (χ0n) is 14.2. The van der Waals surface area contributed by atoms with Crippen LogP contribution in [0.4, 0.5) is 0 Å². The second-order valence-corrected chi connectivity index (χ2v) is 6.47. The molecule has 1 N–H and O–H groups in total. The number of carboxylic acid groups (broad SMARTS) is 1. The van der Waals surface area contributed by atoms with Crippen molar-refractivity contribution in [3.63, 3.8) is 0 Å². The number of unbranched alkanes of at least 4 members (excludes halogenated alkanes) is 1. The Balaban J connectivity index is 1.75. The third-order valence-electron chi connectivity index (χ3n) is 3.41. The van der Waals surface area contributed by atoms with Gasteiger partial charge in [-0.25, -0.2) is 4.79 Å². The average molecular weight is 358 g/mol. The zero-order valence-corrected chi connectivity index (χ0v) is 15.0. The third-order valence-corrected chi connectivity index (χ3v) is 4.51. The molecule has 2 aromatic rings. The van der Waals surface area contributed by atoms with Gasteiger partial charge in [-0.15, -0.1) is 11.8 Å². The number of carbonyl (C=O) groups is 1. The highest BCUT2D eigenvalue weighted by molar-refractivity contribution is 7.99. The van der Waals surface area contributed by atoms with Gasteiger partial charge in [-0.2, -0.15) is 0 Å². The van der Waals surface area contributed by atoms with Crippen LogP contribution in [0.5, 0.6) is 11.5 Å². The summed E-state index contributed by atoms with van der Waals surface area (Å²) in [5.41, 5.74) is 0.755. The first-order valence-electron chi connectivity index (χ1n) is 8.09. The van der Waals surface area contributed by atoms with E-state index in [4.69, 9.17) is 14.6 Å². The molecule has 0 radical (unpaired) electrons. The van der Waals surface area contributed by atoms with Gasteiger partial charge in [-0.3, -0.25) is 0 Å². The average Bonchev–Trinajstić information content (AvgIpc) is 2.64. The van der Waals surface area contributed by atoms with Gasteiger partial charge in [-0.1, -0.05) is 24.3 Å². The van der Waals surface area contributed by atoms with E-state index in [1.807, 2.05) is 36.0 Å². The van der Waals surface area contributed by atoms with E-state index in [1.54, 1.807) is 19.2 Å². The van der Waals surface area contributed by atoms with Crippen LogP contribution in [0.2, 0.25) is 0 Å². The fraction of sp³-hybridized carbons (Fsp3) is 0.250. The molecule has 0 unspecified atom stereocenters. The summed E-state index contributed by atoms with van der Waals surface area (Å²) >= 11 is 1.85. The van der Waals surface area contributed by atoms with Gasteiger partial charge in [-0.05, 0) is 54.5 Å². The fourth-order valence-corrected chi connectivity index (χ4v) is 3.10. The van der Waals surface area contributed by atoms with Crippen molar-refractivity contribution in [2.75, 3.05) is 19.5 Å². The quantitative estimate of drug-likeness (QED) is 0.377. The maximum absolute atomic E-state index is 10.6. The van der Waals surface area contributed by atoms with Crippen LogP contribution in [0.15, 0.2) is 59.5 Å². The summed E-state index contributed by atoms with van der Waals surface area (Å²) in [7, 11) is 1.57. The lowest BCUT2D eigenvalue weighted by atomic mass is 10.2. The highest BCUT2D eigenvalue weighted by Gasteiger charge is 2.05. The first-order valence-corrected chi connectivity index (χ1v) is 9.07. The van der Waals surface area contributed by atoms with Gasteiger partial charge < -0.3 is 14.6 Å². The molecule has 0 saturated carbocycles. The van der Waals surface area contributed by atoms with Crippen LogP contribution >= 0.6 is 11.8 Å². The number of rotatable bonds is 10. The smallest absolute Gasteiger partial charge is 0.328 e. The Morgan fingerprint density at radius 3 is 2.64 bits per heavy atom. The van der Waals surface area contributed by atoms with E-state index in [2.05, 4.69) is 12.1 Å². The van der Waals surface area contributed by atoms with Gasteiger partial charge in [0, 0.05) is 11.0 Å². The molecule has 2 rings (SSSR count). The predicted molar refractivity (Wildman–Crippen MR) is 102 cm³/mol. The highest BCUT2D eigenvalue weighted by Crippen LogP contribution is 2.29. The van der Waals surface area contributed by atoms with Crippen molar-refractivity contribution in [2.45, 2.75) is 17.7 Å². The van der Waals surface area contributed by atoms with Crippen LogP contribution in [-0.4, -0.2) is 30.5 Å². The van der Waals surface area contributed by atoms with Crippen LogP contribution in [0.1, 0.15) is 18.4 Å². The Morgan fingerprint density at radius 2 is 1.92 bits per heavy atom. The van der Waals surface area contributed by atoms with Gasteiger partial charge in [0.1, 0.15) is 0 Å². The third kappa shape index (κ3) is 6.93. The Hall–Kier alpha value is -2.40. The minimum Gasteiger partial charge on any atom is -0.493 e. The van der Waals surface area contributed by atoms with Crippen molar-refractivity contribution in [1.82, 2.24) is 0 Å². The van der Waals surface area contributed by atoms with Crippen LogP contribution in [0.3, 0.4) is 0 Å². The molecule has 2 aromatic carbocycles. The molecule has 0 aliphatic carbocycles. The molecule has 0 spiro atoms. The van der Waals surface area contributed by atoms with Crippen molar-refractivity contribution in [1.29, 1.82) is 0 Å². The molecule has 0 saturated heterocycles. The monoisotopic (exact) mass is 358 g/mol. The van der Waals surface area contributed by atoms with Crippen LogP contribution in [0.25, 0.3) is 6.08 Å². The fourth-order valence-electron chi connectivity index (χ4n) is 2.17. The van der Waals surface area contributed by atoms with E-state index in [0.717, 1.165) is 30.2 Å². The van der Waals surface area contributed by atoms with E-state index < -0.39 is 5.97 Å². The summed E-state index contributed by atoms with van der Waals surface area (Å²) in [5, 5.41) is 8.67. The van der Waals surface area contributed by atoms with E-state index >= 15 is 0 Å². The van der Waals surface area contributed by atoms with E-state index in [9.17, 15) is 4.79 Å². The number of hydrogen-bond acceptors (Lipinski definition) is 4. The van der Waals surface area contributed by atoms with Crippen molar-refractivity contribution >= 4 is 23.8 Å². The Kier molecular flexibility index (Phi) is 7.92. The summed E-state index contributed by atoms with van der Waals surface area (Å²) in [6.45, 7) is 0.621. The molecule has 25 heavy (non-hydrogen) atoms. The summed E-state index contributed by atoms with van der Waals surface area (Å²) in [5.74, 6) is 1.35. The summed E-state index contributed by atoms with van der Waals surface area (Å²) in [4.78, 5) is 11.9.